The summed E-state index contributed by atoms with van der Waals surface area (Å²) in [5, 5.41) is 16.6. The number of aromatic nitrogens is 1. The summed E-state index contributed by atoms with van der Waals surface area (Å²) in [6.07, 6.45) is 2.64. The number of hydrogen-bond donors (Lipinski definition) is 1. The van der Waals surface area contributed by atoms with Gasteiger partial charge in [0.25, 0.3) is 11.6 Å². The van der Waals surface area contributed by atoms with Gasteiger partial charge < -0.3 is 9.88 Å². The van der Waals surface area contributed by atoms with Crippen LogP contribution in [0.4, 0.5) is 5.69 Å². The molecule has 1 rings (SSSR count). The lowest BCUT2D eigenvalue weighted by Crippen LogP contribution is -2.26. The number of nitro groups is 1. The van der Waals surface area contributed by atoms with Crippen LogP contribution in [-0.2, 0) is 7.05 Å². The minimum Gasteiger partial charge on any atom is -0.351 e. The summed E-state index contributed by atoms with van der Waals surface area (Å²) in [6.45, 7) is 0.820. The van der Waals surface area contributed by atoms with E-state index in [2.05, 4.69) is 15.3 Å². The maximum Gasteiger partial charge on any atom is 0.287 e. The smallest absolute Gasteiger partial charge is 0.287 e. The molecule has 9 heteroatoms. The summed E-state index contributed by atoms with van der Waals surface area (Å²) in [5.74, 6) is -0.362. The van der Waals surface area contributed by atoms with E-state index in [1.54, 1.807) is 7.05 Å². The highest BCUT2D eigenvalue weighted by Gasteiger charge is 2.16. The standard InChI is InChI=1S/C10H14N6O3/c1-15-7-8(16(18)19)6-9(15)10(17)12-4-2-3-5-13-14-11/h6-7H,2-5H2,1H3,(H,12,17). The minimum absolute atomic E-state index is 0.115. The molecule has 1 aromatic rings. The molecule has 19 heavy (non-hydrogen) atoms. The van der Waals surface area contributed by atoms with Gasteiger partial charge in [-0.3, -0.25) is 14.9 Å². The monoisotopic (exact) mass is 266 g/mol. The third-order valence-electron chi connectivity index (χ3n) is 2.47. The lowest BCUT2D eigenvalue weighted by atomic mass is 10.3. The third kappa shape index (κ3) is 4.32. The van der Waals surface area contributed by atoms with Crippen molar-refractivity contribution in [3.8, 4) is 0 Å². The molecule has 0 unspecified atom stereocenters. The molecule has 9 nitrogen and oxygen atoms in total. The largest absolute Gasteiger partial charge is 0.351 e. The fourth-order valence-corrected chi connectivity index (χ4v) is 1.52. The average molecular weight is 266 g/mol. The first-order chi connectivity index (χ1) is 9.06. The van der Waals surface area contributed by atoms with Crippen molar-refractivity contribution in [3.05, 3.63) is 38.5 Å². The maximum absolute atomic E-state index is 11.8. The fraction of sp³-hybridized carbons (Fsp3) is 0.500. The van der Waals surface area contributed by atoms with E-state index in [4.69, 9.17) is 5.53 Å². The van der Waals surface area contributed by atoms with Crippen molar-refractivity contribution in [2.24, 2.45) is 12.2 Å². The van der Waals surface area contributed by atoms with Gasteiger partial charge in [-0.2, -0.15) is 0 Å². The lowest BCUT2D eigenvalue weighted by molar-refractivity contribution is -0.384. The van der Waals surface area contributed by atoms with Gasteiger partial charge in [-0.05, 0) is 18.4 Å². The van der Waals surface area contributed by atoms with Crippen molar-refractivity contribution < 1.29 is 9.72 Å². The molecule has 0 atom stereocenters. The SMILES string of the molecule is Cn1cc([N+](=O)[O-])cc1C(=O)NCCCCN=[N+]=[N-]. The van der Waals surface area contributed by atoms with Crippen LogP contribution in [0, 0.1) is 10.1 Å². The molecule has 0 saturated heterocycles. The molecule has 102 valence electrons. The topological polar surface area (TPSA) is 126 Å². The Hall–Kier alpha value is -2.54. The van der Waals surface area contributed by atoms with Crippen LogP contribution in [0.1, 0.15) is 23.3 Å². The van der Waals surface area contributed by atoms with Gasteiger partial charge in [-0.1, -0.05) is 5.11 Å². The van der Waals surface area contributed by atoms with E-state index >= 15 is 0 Å². The number of rotatable bonds is 7. The fourth-order valence-electron chi connectivity index (χ4n) is 1.52. The van der Waals surface area contributed by atoms with Crippen molar-refractivity contribution in [2.45, 2.75) is 12.8 Å². The summed E-state index contributed by atoms with van der Waals surface area (Å²) in [5.41, 5.74) is 8.19. The van der Waals surface area contributed by atoms with Crippen LogP contribution in [0.15, 0.2) is 17.4 Å². The zero-order valence-electron chi connectivity index (χ0n) is 10.4. The molecule has 0 aliphatic heterocycles. The zero-order chi connectivity index (χ0) is 14.3. The lowest BCUT2D eigenvalue weighted by Gasteiger charge is -2.04. The van der Waals surface area contributed by atoms with E-state index in [1.807, 2.05) is 0 Å². The second-order valence-corrected chi connectivity index (χ2v) is 3.87. The highest BCUT2D eigenvalue weighted by atomic mass is 16.6. The van der Waals surface area contributed by atoms with E-state index < -0.39 is 4.92 Å². The first-order valence-electron chi connectivity index (χ1n) is 5.66. The molecular formula is C10H14N6O3. The summed E-state index contributed by atoms with van der Waals surface area (Å²) in [7, 11) is 1.57. The molecule has 0 bridgehead atoms. The van der Waals surface area contributed by atoms with Crippen molar-refractivity contribution in [3.63, 3.8) is 0 Å². The number of unbranched alkanes of at least 4 members (excludes halogenated alkanes) is 1. The molecule has 0 fully saturated rings. The first-order valence-corrected chi connectivity index (χ1v) is 5.66. The molecule has 1 N–H and O–H groups in total. The molecule has 0 aliphatic carbocycles. The molecule has 1 amide bonds. The molecule has 0 spiro atoms. The summed E-state index contributed by atoms with van der Waals surface area (Å²) in [4.78, 5) is 24.4. The second kappa shape index (κ2) is 7.02. The highest BCUT2D eigenvalue weighted by molar-refractivity contribution is 5.93. The van der Waals surface area contributed by atoms with E-state index in [1.165, 1.54) is 16.8 Å². The van der Waals surface area contributed by atoms with E-state index in [0.717, 1.165) is 0 Å². The number of aryl methyl sites for hydroxylation is 1. The van der Waals surface area contributed by atoms with Gasteiger partial charge in [0.05, 0.1) is 11.1 Å². The van der Waals surface area contributed by atoms with E-state index in [0.29, 0.717) is 25.9 Å². The van der Waals surface area contributed by atoms with Crippen LogP contribution in [-0.4, -0.2) is 28.5 Å². The molecule has 0 aromatic carbocycles. The number of nitrogens with one attached hydrogen (secondary N) is 1. The van der Waals surface area contributed by atoms with Crippen LogP contribution < -0.4 is 5.32 Å². The molecule has 1 heterocycles. The van der Waals surface area contributed by atoms with Crippen molar-refractivity contribution in [2.75, 3.05) is 13.1 Å². The minimum atomic E-state index is -0.545. The molecule has 0 saturated carbocycles. The number of carbonyl (C=O) groups is 1. The zero-order valence-corrected chi connectivity index (χ0v) is 10.4. The predicted molar refractivity (Wildman–Crippen MR) is 67.6 cm³/mol. The Bertz CT molecular complexity index is 517. The van der Waals surface area contributed by atoms with E-state index in [9.17, 15) is 14.9 Å². The second-order valence-electron chi connectivity index (χ2n) is 3.87. The molecule has 0 aliphatic rings. The van der Waals surface area contributed by atoms with Crippen LogP contribution in [0.3, 0.4) is 0 Å². The van der Waals surface area contributed by atoms with Gasteiger partial charge in [0.15, 0.2) is 0 Å². The van der Waals surface area contributed by atoms with Gasteiger partial charge >= 0.3 is 0 Å². The van der Waals surface area contributed by atoms with Gasteiger partial charge in [-0.15, -0.1) is 0 Å². The Kier molecular flexibility index (Phi) is 5.36. The van der Waals surface area contributed by atoms with Crippen LogP contribution in [0.5, 0.6) is 0 Å². The number of nitrogens with zero attached hydrogens (tertiary/aromatic N) is 5. The number of carbonyl (C=O) groups excluding carboxylic acids is 1. The normalized spacial score (nSPS) is 9.74. The summed E-state index contributed by atoms with van der Waals surface area (Å²) in [6, 6.07) is 1.23. The number of amides is 1. The summed E-state index contributed by atoms with van der Waals surface area (Å²) >= 11 is 0. The van der Waals surface area contributed by atoms with Gasteiger partial charge in [0.1, 0.15) is 5.69 Å². The average Bonchev–Trinajstić information content (AvgIpc) is 2.76. The maximum atomic E-state index is 11.8. The van der Waals surface area contributed by atoms with Crippen molar-refractivity contribution in [1.29, 1.82) is 0 Å². The molecule has 0 radical (unpaired) electrons. The van der Waals surface area contributed by atoms with Crippen LogP contribution >= 0.6 is 0 Å². The first kappa shape index (κ1) is 14.5. The number of hydrogen-bond acceptors (Lipinski definition) is 4. The van der Waals surface area contributed by atoms with Crippen LogP contribution in [0.25, 0.3) is 10.4 Å². The van der Waals surface area contributed by atoms with E-state index in [-0.39, 0.29) is 17.3 Å². The van der Waals surface area contributed by atoms with Gasteiger partial charge in [0.2, 0.25) is 0 Å². The predicted octanol–water partition coefficient (Wildman–Crippen LogP) is 1.75. The molecule has 1 aromatic heterocycles. The van der Waals surface area contributed by atoms with Gasteiger partial charge in [-0.25, -0.2) is 0 Å². The van der Waals surface area contributed by atoms with Crippen LogP contribution in [0.2, 0.25) is 0 Å². The Morgan fingerprint density at radius 3 is 2.95 bits per heavy atom. The Balaban J connectivity index is 2.45. The molecular weight excluding hydrogens is 252 g/mol. The number of azide groups is 1. The summed E-state index contributed by atoms with van der Waals surface area (Å²) < 4.78 is 1.41. The highest BCUT2D eigenvalue weighted by Crippen LogP contribution is 2.14. The third-order valence-corrected chi connectivity index (χ3v) is 2.47. The Morgan fingerprint density at radius 1 is 1.63 bits per heavy atom. The van der Waals surface area contributed by atoms with Gasteiger partial charge in [0, 0.05) is 31.1 Å². The Labute approximate surface area is 109 Å². The van der Waals surface area contributed by atoms with Crippen molar-refractivity contribution in [1.82, 2.24) is 9.88 Å². The Morgan fingerprint density at radius 2 is 2.37 bits per heavy atom. The van der Waals surface area contributed by atoms with Crippen molar-refractivity contribution >= 4 is 11.6 Å². The quantitative estimate of drug-likeness (QED) is 0.202.